The van der Waals surface area contributed by atoms with Gasteiger partial charge >= 0.3 is 0 Å². The Morgan fingerprint density at radius 1 is 0.519 bits per heavy atom. The van der Waals surface area contributed by atoms with Crippen molar-refractivity contribution in [1.82, 2.24) is 56.3 Å². The molecule has 0 saturated carbocycles. The van der Waals surface area contributed by atoms with Gasteiger partial charge in [-0.1, -0.05) is 94.6 Å². The van der Waals surface area contributed by atoms with Gasteiger partial charge in [0.1, 0.15) is 23.0 Å². The second kappa shape index (κ2) is 38.0. The number of amides is 4. The second-order valence-electron chi connectivity index (χ2n) is 21.2. The third-order valence-corrected chi connectivity index (χ3v) is 14.4. The van der Waals surface area contributed by atoms with Crippen LogP contribution in [0.1, 0.15) is 136 Å². The average molecular weight is 1100 g/mol. The predicted octanol–water partition coefficient (Wildman–Crippen LogP) is 5.80. The highest BCUT2D eigenvalue weighted by Gasteiger charge is 2.30. The maximum atomic E-state index is 13.7. The molecule has 0 radical (unpaired) electrons. The normalized spacial score (nSPS) is 12.1. The lowest BCUT2D eigenvalue weighted by molar-refractivity contribution is -0.123. The maximum absolute atomic E-state index is 13.7. The van der Waals surface area contributed by atoms with Crippen LogP contribution in [0.3, 0.4) is 0 Å². The number of unbranched alkanes of at least 4 members (excludes halogenated alkanes) is 3. The van der Waals surface area contributed by atoms with Crippen molar-refractivity contribution < 1.29 is 33.6 Å². The van der Waals surface area contributed by atoms with E-state index in [4.69, 9.17) is 10.3 Å². The van der Waals surface area contributed by atoms with Gasteiger partial charge in [0.15, 0.2) is 0 Å². The zero-order chi connectivity index (χ0) is 57.2. The minimum atomic E-state index is -0.223. The first-order chi connectivity index (χ1) is 38.3. The molecule has 19 heteroatoms. The molecule has 1 aliphatic rings. The van der Waals surface area contributed by atoms with Crippen molar-refractivity contribution >= 4 is 46.7 Å². The van der Waals surface area contributed by atoms with Crippen molar-refractivity contribution in [3.05, 3.63) is 54.1 Å². The molecule has 0 aliphatic carbocycles. The number of para-hydroxylation sites is 1. The van der Waals surface area contributed by atoms with Gasteiger partial charge in [-0.25, -0.2) is 4.68 Å². The molecule has 19 nitrogen and oxygen atoms in total. The Morgan fingerprint density at radius 3 is 1.65 bits per heavy atom. The number of hydrogen-bond acceptors (Lipinski definition) is 14. The van der Waals surface area contributed by atoms with E-state index >= 15 is 0 Å². The van der Waals surface area contributed by atoms with Crippen molar-refractivity contribution in [2.45, 2.75) is 144 Å². The van der Waals surface area contributed by atoms with Crippen LogP contribution in [0.4, 0.5) is 5.69 Å². The minimum absolute atomic E-state index is 0.0111. The molecule has 4 amide bonds. The lowest BCUT2D eigenvalue weighted by Gasteiger charge is -2.30. The number of nitrogens with one attached hydrogen (secondary N) is 5. The number of likely N-dealkylation sites (N-methyl/N-ethyl adjacent to an activating group) is 1. The summed E-state index contributed by atoms with van der Waals surface area (Å²) in [6.45, 7) is 16.1. The number of aromatic nitrogens is 3. The number of benzene rings is 2. The maximum Gasteiger partial charge on any atom is 0.229 e. The molecule has 1 aromatic heterocycles. The third kappa shape index (κ3) is 24.7. The van der Waals surface area contributed by atoms with Crippen LogP contribution in [-0.4, -0.2) is 176 Å². The van der Waals surface area contributed by atoms with Crippen LogP contribution in [0, 0.1) is 5.92 Å². The van der Waals surface area contributed by atoms with Crippen LogP contribution in [-0.2, 0) is 46.7 Å². The van der Waals surface area contributed by atoms with Crippen LogP contribution in [0.15, 0.2) is 48.5 Å². The number of rotatable bonds is 43. The smallest absolute Gasteiger partial charge is 0.229 e. The molecule has 4 rings (SSSR count). The number of carbonyl (C=O) groups is 7. The standard InChI is InChI=1S/C60H96N12O7/c1-7-9-11-19-49(73)26-38-69(41-29-55(76)63-32-10-8-2)43-35-65-57(78)30-42-70(39-27-51(75)21-17-36-68(37-25-50(74)20-16-31-61-5)40-28-56(77)64-34-33-62-6)44-45-72-59-52-22-13-12-18-48(52)46-71(60(79)47(3)4)54-24-15-14-23-53(54)58(59)66-67-72/h12-15,18,22-24,47,61-62H,7-11,16-17,19-21,25-46H2,1-6H3,(H,63,76)(H,64,77)(H,65,78). The van der Waals surface area contributed by atoms with Crippen LogP contribution < -0.4 is 31.5 Å². The molecule has 0 atom stereocenters. The van der Waals surface area contributed by atoms with E-state index in [9.17, 15) is 33.6 Å². The monoisotopic (exact) mass is 1100 g/mol. The number of nitrogens with zero attached hydrogens (tertiary/aromatic N) is 7. The Kier molecular flexibility index (Phi) is 31.7. The molecule has 0 fully saturated rings. The highest BCUT2D eigenvalue weighted by Crippen LogP contribution is 2.41. The van der Waals surface area contributed by atoms with E-state index in [-0.39, 0.29) is 59.7 Å². The van der Waals surface area contributed by atoms with Crippen LogP contribution in [0.2, 0.25) is 0 Å². The highest BCUT2D eigenvalue weighted by molar-refractivity contribution is 6.01. The number of carbonyl (C=O) groups excluding carboxylic acids is 7. The topological polar surface area (TPSA) is 223 Å². The van der Waals surface area contributed by atoms with E-state index in [1.165, 1.54) is 0 Å². The minimum Gasteiger partial charge on any atom is -0.356 e. The summed E-state index contributed by atoms with van der Waals surface area (Å²) in [4.78, 5) is 100.0. The number of anilines is 1. The Hall–Kier alpha value is -5.73. The van der Waals surface area contributed by atoms with Crippen molar-refractivity contribution in [2.75, 3.05) is 111 Å². The van der Waals surface area contributed by atoms with Crippen LogP contribution in [0.5, 0.6) is 0 Å². The van der Waals surface area contributed by atoms with Gasteiger partial charge in [-0.3, -0.25) is 33.6 Å². The van der Waals surface area contributed by atoms with Gasteiger partial charge in [-0.2, -0.15) is 0 Å². The second-order valence-corrected chi connectivity index (χ2v) is 21.2. The SMILES string of the molecule is CCCCCC(=O)CCN(CCNC(=O)CCN(CCC(=O)CCCN(CCC(=O)CCCNC)CCC(=O)NCCNC)CCn1nnc2c1-c1ccccc1CN(C(=O)C(C)C)c1ccccc1-2)CCC(=O)NCCCC. The fourth-order valence-electron chi connectivity index (χ4n) is 9.61. The molecule has 438 valence electrons. The first-order valence-corrected chi connectivity index (χ1v) is 29.5. The van der Waals surface area contributed by atoms with Gasteiger partial charge in [-0.15, -0.1) is 5.10 Å². The van der Waals surface area contributed by atoms with Gasteiger partial charge in [0.2, 0.25) is 23.6 Å². The van der Waals surface area contributed by atoms with Gasteiger partial charge in [0, 0.05) is 153 Å². The van der Waals surface area contributed by atoms with Crippen molar-refractivity contribution in [2.24, 2.45) is 5.92 Å². The van der Waals surface area contributed by atoms with Crippen molar-refractivity contribution in [3.8, 4) is 22.5 Å². The molecule has 2 heterocycles. The van der Waals surface area contributed by atoms with E-state index < -0.39 is 0 Å². The summed E-state index contributed by atoms with van der Waals surface area (Å²) in [6, 6.07) is 15.8. The van der Waals surface area contributed by atoms with E-state index in [1.54, 1.807) is 0 Å². The van der Waals surface area contributed by atoms with Crippen molar-refractivity contribution in [3.63, 3.8) is 0 Å². The van der Waals surface area contributed by atoms with Crippen LogP contribution in [0.25, 0.3) is 22.5 Å². The number of hydrogen-bond donors (Lipinski definition) is 5. The zero-order valence-electron chi connectivity index (χ0n) is 48.8. The van der Waals surface area contributed by atoms with Gasteiger partial charge in [0.05, 0.1) is 24.5 Å². The molecule has 5 N–H and O–H groups in total. The summed E-state index contributed by atoms with van der Waals surface area (Å²) >= 11 is 0. The molecule has 0 saturated heterocycles. The molecular weight excluding hydrogens is 1000 g/mol. The first-order valence-electron chi connectivity index (χ1n) is 29.5. The van der Waals surface area contributed by atoms with Gasteiger partial charge < -0.3 is 46.2 Å². The van der Waals surface area contributed by atoms with E-state index in [1.807, 2.05) is 86.1 Å². The fourth-order valence-corrected chi connectivity index (χ4v) is 9.61. The van der Waals surface area contributed by atoms with E-state index in [0.29, 0.717) is 155 Å². The average Bonchev–Trinajstić information content (AvgIpc) is 4.09. The molecule has 2 aromatic carbocycles. The van der Waals surface area contributed by atoms with E-state index in [0.717, 1.165) is 73.1 Å². The molecule has 0 spiro atoms. The molecular formula is C60H96N12O7. The van der Waals surface area contributed by atoms with Crippen molar-refractivity contribution in [1.29, 1.82) is 0 Å². The Labute approximate surface area is 471 Å². The number of ketones is 3. The lowest BCUT2D eigenvalue weighted by Crippen LogP contribution is -2.39. The summed E-state index contributed by atoms with van der Waals surface area (Å²) in [5.41, 5.74) is 4.96. The predicted molar refractivity (Wildman–Crippen MR) is 313 cm³/mol. The van der Waals surface area contributed by atoms with E-state index in [2.05, 4.69) is 55.1 Å². The molecule has 1 aliphatic heterocycles. The summed E-state index contributed by atoms with van der Waals surface area (Å²) in [5, 5.41) is 24.6. The number of Topliss-reactive ketones (excluding diaryl/α,β-unsaturated/α-hetero) is 3. The first kappa shape index (κ1) is 65.8. The summed E-state index contributed by atoms with van der Waals surface area (Å²) in [7, 11) is 3.70. The zero-order valence-corrected chi connectivity index (χ0v) is 48.8. The van der Waals surface area contributed by atoms with Crippen LogP contribution >= 0.6 is 0 Å². The highest BCUT2D eigenvalue weighted by atomic mass is 16.2. The van der Waals surface area contributed by atoms with Gasteiger partial charge in [-0.05, 0) is 64.5 Å². The summed E-state index contributed by atoms with van der Waals surface area (Å²) < 4.78 is 1.90. The lowest BCUT2D eigenvalue weighted by atomic mass is 9.95. The molecule has 3 aromatic rings. The van der Waals surface area contributed by atoms with Gasteiger partial charge in [0.25, 0.3) is 0 Å². The Bertz CT molecular complexity index is 2210. The summed E-state index contributed by atoms with van der Waals surface area (Å²) in [5.74, 6) is 0.0506. The fraction of sp³-hybridized carbons (Fsp3) is 0.650. The quantitative estimate of drug-likeness (QED) is 0.0423. The largest absolute Gasteiger partial charge is 0.356 e. The Morgan fingerprint density at radius 2 is 1.04 bits per heavy atom. The molecule has 79 heavy (non-hydrogen) atoms. The number of fused-ring (bicyclic) bond motifs is 5. The summed E-state index contributed by atoms with van der Waals surface area (Å²) in [6.07, 6.45) is 9.43. The Balaban J connectivity index is 1.48. The molecule has 0 bridgehead atoms. The third-order valence-electron chi connectivity index (χ3n) is 14.4. The molecule has 0 unspecified atom stereocenters.